The van der Waals surface area contributed by atoms with Crippen molar-refractivity contribution in [2.45, 2.75) is 13.3 Å². The Bertz CT molecular complexity index is 487. The monoisotopic (exact) mass is 248 g/mol. The maximum absolute atomic E-state index is 11.1. The number of aliphatic hydroxyl groups excluding tert-OH is 1. The molecule has 0 saturated heterocycles. The zero-order chi connectivity index (χ0) is 13.5. The molecule has 0 unspecified atom stereocenters. The lowest BCUT2D eigenvalue weighted by Crippen LogP contribution is -1.90. The SMILES string of the molecule is CCC(=O)C=C(O)C=Cc1ccc(O)c(OC)c1. The van der Waals surface area contributed by atoms with Crippen LogP contribution in [0.15, 0.2) is 36.1 Å². The van der Waals surface area contributed by atoms with Crippen LogP contribution in [0.1, 0.15) is 18.9 Å². The molecule has 0 aliphatic rings. The summed E-state index contributed by atoms with van der Waals surface area (Å²) in [7, 11) is 1.46. The van der Waals surface area contributed by atoms with E-state index >= 15 is 0 Å². The molecule has 0 amide bonds. The van der Waals surface area contributed by atoms with Gasteiger partial charge in [-0.1, -0.05) is 19.1 Å². The van der Waals surface area contributed by atoms with Crippen LogP contribution < -0.4 is 4.74 Å². The van der Waals surface area contributed by atoms with Crippen LogP contribution >= 0.6 is 0 Å². The maximum Gasteiger partial charge on any atom is 0.161 e. The molecule has 2 N–H and O–H groups in total. The van der Waals surface area contributed by atoms with Crippen LogP contribution in [0.25, 0.3) is 6.08 Å². The topological polar surface area (TPSA) is 66.8 Å². The van der Waals surface area contributed by atoms with Crippen molar-refractivity contribution >= 4 is 11.9 Å². The number of ketones is 1. The average Bonchev–Trinajstić information content (AvgIpc) is 2.37. The number of aliphatic hydroxyl groups is 1. The Hall–Kier alpha value is -2.23. The highest BCUT2D eigenvalue weighted by molar-refractivity contribution is 5.90. The molecular formula is C14H16O4. The van der Waals surface area contributed by atoms with Crippen molar-refractivity contribution in [3.8, 4) is 11.5 Å². The first-order valence-electron chi connectivity index (χ1n) is 5.55. The summed E-state index contributed by atoms with van der Waals surface area (Å²) in [6.07, 6.45) is 4.56. The van der Waals surface area contributed by atoms with Gasteiger partial charge in [0.1, 0.15) is 5.76 Å². The maximum atomic E-state index is 11.1. The van der Waals surface area contributed by atoms with Gasteiger partial charge in [-0.05, 0) is 23.8 Å². The number of aromatic hydroxyl groups is 1. The average molecular weight is 248 g/mol. The zero-order valence-electron chi connectivity index (χ0n) is 10.4. The number of phenols is 1. The predicted molar refractivity (Wildman–Crippen MR) is 69.7 cm³/mol. The van der Waals surface area contributed by atoms with Gasteiger partial charge in [-0.25, -0.2) is 0 Å². The van der Waals surface area contributed by atoms with Crippen molar-refractivity contribution in [3.63, 3.8) is 0 Å². The molecule has 0 aliphatic carbocycles. The molecule has 0 heterocycles. The Kier molecular flexibility index (Phi) is 4.99. The molecule has 0 fully saturated rings. The number of ether oxygens (including phenoxy) is 1. The minimum atomic E-state index is -0.138. The van der Waals surface area contributed by atoms with Gasteiger partial charge in [-0.3, -0.25) is 4.79 Å². The van der Waals surface area contributed by atoms with Crippen LogP contribution in [0.5, 0.6) is 11.5 Å². The molecule has 0 aromatic heterocycles. The van der Waals surface area contributed by atoms with Crippen LogP contribution in [0, 0.1) is 0 Å². The molecule has 4 nitrogen and oxygen atoms in total. The number of rotatable bonds is 5. The molecule has 0 aliphatic heterocycles. The van der Waals surface area contributed by atoms with Gasteiger partial charge in [0.25, 0.3) is 0 Å². The van der Waals surface area contributed by atoms with E-state index in [2.05, 4.69) is 0 Å². The summed E-state index contributed by atoms with van der Waals surface area (Å²) < 4.78 is 4.96. The molecule has 96 valence electrons. The van der Waals surface area contributed by atoms with E-state index < -0.39 is 0 Å². The number of phenolic OH excluding ortho intramolecular Hbond substituents is 1. The first kappa shape index (κ1) is 13.8. The molecule has 1 aromatic carbocycles. The molecule has 0 radical (unpaired) electrons. The van der Waals surface area contributed by atoms with Gasteiger partial charge in [0.15, 0.2) is 17.3 Å². The summed E-state index contributed by atoms with van der Waals surface area (Å²) in [5.74, 6) is 0.162. The van der Waals surface area contributed by atoms with Crippen LogP contribution in [0.2, 0.25) is 0 Å². The molecule has 1 rings (SSSR count). The molecule has 0 spiro atoms. The lowest BCUT2D eigenvalue weighted by Gasteiger charge is -2.03. The first-order valence-corrected chi connectivity index (χ1v) is 5.55. The fraction of sp³-hybridized carbons (Fsp3) is 0.214. The van der Waals surface area contributed by atoms with E-state index in [1.54, 1.807) is 25.1 Å². The standard InChI is InChI=1S/C14H16O4/c1-3-11(15)9-12(16)6-4-10-5-7-13(17)14(8-10)18-2/h4-9,16-17H,3H2,1-2H3. The number of carbonyl (C=O) groups excluding carboxylic acids is 1. The predicted octanol–water partition coefficient (Wildman–Crippen LogP) is 2.84. The van der Waals surface area contributed by atoms with Crippen molar-refractivity contribution < 1.29 is 19.7 Å². The second kappa shape index (κ2) is 6.49. The summed E-state index contributed by atoms with van der Waals surface area (Å²) in [6, 6.07) is 4.79. The van der Waals surface area contributed by atoms with E-state index in [9.17, 15) is 15.0 Å². The number of hydrogen-bond donors (Lipinski definition) is 2. The van der Waals surface area contributed by atoms with Gasteiger partial charge >= 0.3 is 0 Å². The first-order chi connectivity index (χ1) is 8.56. The summed E-state index contributed by atoms with van der Waals surface area (Å²) in [5.41, 5.74) is 0.744. The third-order valence-electron chi connectivity index (χ3n) is 2.31. The highest BCUT2D eigenvalue weighted by Crippen LogP contribution is 2.26. The van der Waals surface area contributed by atoms with E-state index in [1.165, 1.54) is 25.3 Å². The van der Waals surface area contributed by atoms with Crippen molar-refractivity contribution in [1.29, 1.82) is 0 Å². The minimum Gasteiger partial charge on any atom is -0.508 e. The van der Waals surface area contributed by atoms with E-state index in [0.717, 1.165) is 5.56 Å². The molecule has 4 heteroatoms. The lowest BCUT2D eigenvalue weighted by molar-refractivity contribution is -0.114. The Morgan fingerprint density at radius 1 is 1.44 bits per heavy atom. The number of benzene rings is 1. The Morgan fingerprint density at radius 2 is 2.17 bits per heavy atom. The van der Waals surface area contributed by atoms with Crippen LogP contribution in [-0.4, -0.2) is 23.1 Å². The van der Waals surface area contributed by atoms with E-state index in [4.69, 9.17) is 4.74 Å². The normalized spacial score (nSPS) is 11.8. The largest absolute Gasteiger partial charge is 0.508 e. The highest BCUT2D eigenvalue weighted by Gasteiger charge is 2.00. The van der Waals surface area contributed by atoms with Gasteiger partial charge in [0.05, 0.1) is 7.11 Å². The van der Waals surface area contributed by atoms with Crippen LogP contribution in [0.4, 0.5) is 0 Å². The third kappa shape index (κ3) is 3.97. The van der Waals surface area contributed by atoms with Gasteiger partial charge in [-0.15, -0.1) is 0 Å². The number of methoxy groups -OCH3 is 1. The second-order valence-electron chi connectivity index (χ2n) is 3.65. The van der Waals surface area contributed by atoms with E-state index in [0.29, 0.717) is 12.2 Å². The minimum absolute atomic E-state index is 0.0515. The Labute approximate surface area is 106 Å². The number of carbonyl (C=O) groups is 1. The van der Waals surface area contributed by atoms with Gasteiger partial charge in [-0.2, -0.15) is 0 Å². The summed E-state index contributed by atoms with van der Waals surface area (Å²) in [6.45, 7) is 1.72. The quantitative estimate of drug-likeness (QED) is 0.477. The molecule has 1 aromatic rings. The Balaban J connectivity index is 2.84. The van der Waals surface area contributed by atoms with Crippen LogP contribution in [-0.2, 0) is 4.79 Å². The van der Waals surface area contributed by atoms with Crippen molar-refractivity contribution in [2.75, 3.05) is 7.11 Å². The second-order valence-corrected chi connectivity index (χ2v) is 3.65. The molecule has 0 saturated carbocycles. The molecule has 0 atom stereocenters. The number of hydrogen-bond acceptors (Lipinski definition) is 4. The van der Waals surface area contributed by atoms with E-state index in [-0.39, 0.29) is 17.3 Å². The molecule has 18 heavy (non-hydrogen) atoms. The van der Waals surface area contributed by atoms with E-state index in [1.807, 2.05) is 0 Å². The summed E-state index contributed by atoms with van der Waals surface area (Å²) in [4.78, 5) is 11.1. The fourth-order valence-corrected chi connectivity index (χ4v) is 1.29. The van der Waals surface area contributed by atoms with Crippen molar-refractivity contribution in [2.24, 2.45) is 0 Å². The van der Waals surface area contributed by atoms with Gasteiger partial charge < -0.3 is 14.9 Å². The number of allylic oxidation sites excluding steroid dienone is 2. The zero-order valence-corrected chi connectivity index (χ0v) is 10.4. The summed E-state index contributed by atoms with van der Waals surface area (Å²) >= 11 is 0. The van der Waals surface area contributed by atoms with Crippen LogP contribution in [0.3, 0.4) is 0 Å². The lowest BCUT2D eigenvalue weighted by atomic mass is 10.1. The van der Waals surface area contributed by atoms with Gasteiger partial charge in [0, 0.05) is 12.5 Å². The van der Waals surface area contributed by atoms with Crippen molar-refractivity contribution in [1.82, 2.24) is 0 Å². The highest BCUT2D eigenvalue weighted by atomic mass is 16.5. The summed E-state index contributed by atoms with van der Waals surface area (Å²) in [5, 5.41) is 18.9. The van der Waals surface area contributed by atoms with Gasteiger partial charge in [0.2, 0.25) is 0 Å². The Morgan fingerprint density at radius 3 is 2.78 bits per heavy atom. The van der Waals surface area contributed by atoms with Crippen molar-refractivity contribution in [3.05, 3.63) is 41.7 Å². The molecule has 0 bridgehead atoms. The molecular weight excluding hydrogens is 232 g/mol. The third-order valence-corrected chi connectivity index (χ3v) is 2.31. The fourth-order valence-electron chi connectivity index (χ4n) is 1.29. The smallest absolute Gasteiger partial charge is 0.161 e.